The lowest BCUT2D eigenvalue weighted by molar-refractivity contribution is -0.143. The van der Waals surface area contributed by atoms with E-state index in [2.05, 4.69) is 10.3 Å². The predicted octanol–water partition coefficient (Wildman–Crippen LogP) is 5.68. The summed E-state index contributed by atoms with van der Waals surface area (Å²) in [7, 11) is -4.09. The lowest BCUT2D eigenvalue weighted by Crippen LogP contribution is -2.60. The van der Waals surface area contributed by atoms with E-state index < -0.39 is 34.0 Å². The Bertz CT molecular complexity index is 1720. The first kappa shape index (κ1) is 28.7. The number of halogens is 4. The molecule has 0 unspecified atom stereocenters. The van der Waals surface area contributed by atoms with Crippen molar-refractivity contribution in [2.45, 2.75) is 29.8 Å². The molecule has 1 aliphatic heterocycles. The standard InChI is InChI=1S/C26H19Cl4N3O6S/c27-14-10-15(28)12-16(11-14)40(37,38)33-7-6-21(33)24(34)31-20(26(35)36)8-13-4-5-19-22(9-13)39-25(32-19)23-17(29)2-1-3-18(23)30/h1-5,9-12,20-21H,6-8H2,(H,31,34)(H,35,36)/t20-,21-/m0/s1. The van der Waals surface area contributed by atoms with E-state index in [1.807, 2.05) is 0 Å². The smallest absolute Gasteiger partial charge is 0.326 e. The molecule has 0 radical (unpaired) electrons. The zero-order chi connectivity index (χ0) is 28.8. The third-order valence-electron chi connectivity index (χ3n) is 6.40. The summed E-state index contributed by atoms with van der Waals surface area (Å²) in [4.78, 5) is 29.3. The maximum Gasteiger partial charge on any atom is 0.326 e. The molecule has 1 amide bonds. The third-order valence-corrected chi connectivity index (χ3v) is 9.35. The van der Waals surface area contributed by atoms with Crippen LogP contribution < -0.4 is 5.32 Å². The second-order valence-corrected chi connectivity index (χ2v) is 12.6. The van der Waals surface area contributed by atoms with Crippen LogP contribution in [-0.2, 0) is 26.0 Å². The molecule has 0 aliphatic carbocycles. The number of nitrogens with zero attached hydrogens (tertiary/aromatic N) is 2. The van der Waals surface area contributed by atoms with Crippen LogP contribution in [0.2, 0.25) is 20.1 Å². The highest BCUT2D eigenvalue weighted by atomic mass is 35.5. The number of aliphatic carboxylic acids is 1. The van der Waals surface area contributed by atoms with Crippen molar-refractivity contribution in [2.75, 3.05) is 6.54 Å². The fourth-order valence-electron chi connectivity index (χ4n) is 4.33. The van der Waals surface area contributed by atoms with E-state index in [1.54, 1.807) is 36.4 Å². The average Bonchev–Trinajstić information content (AvgIpc) is 3.24. The van der Waals surface area contributed by atoms with E-state index in [0.29, 0.717) is 32.3 Å². The van der Waals surface area contributed by atoms with E-state index in [1.165, 1.54) is 18.2 Å². The van der Waals surface area contributed by atoms with Gasteiger partial charge in [-0.15, -0.1) is 0 Å². The van der Waals surface area contributed by atoms with Gasteiger partial charge in [-0.1, -0.05) is 58.5 Å². The Morgan fingerprint density at radius 3 is 2.33 bits per heavy atom. The number of carbonyl (C=O) groups excluding carboxylic acids is 1. The van der Waals surface area contributed by atoms with Crippen LogP contribution >= 0.6 is 46.4 Å². The van der Waals surface area contributed by atoms with Gasteiger partial charge in [0.15, 0.2) is 5.58 Å². The number of carbonyl (C=O) groups is 2. The molecule has 1 aliphatic rings. The van der Waals surface area contributed by atoms with Crippen LogP contribution in [0, 0.1) is 0 Å². The molecule has 2 heterocycles. The molecular formula is C26H19Cl4N3O6S. The summed E-state index contributed by atoms with van der Waals surface area (Å²) in [5.41, 5.74) is 1.84. The first-order chi connectivity index (χ1) is 18.9. The Kier molecular flexibility index (Phi) is 8.02. The topological polar surface area (TPSA) is 130 Å². The molecule has 3 aromatic carbocycles. The van der Waals surface area contributed by atoms with Gasteiger partial charge in [0, 0.05) is 23.0 Å². The number of rotatable bonds is 8. The summed E-state index contributed by atoms with van der Waals surface area (Å²) in [6, 6.07) is 11.4. The number of benzene rings is 3. The van der Waals surface area contributed by atoms with Crippen LogP contribution in [0.5, 0.6) is 0 Å². The Labute approximate surface area is 248 Å². The number of aromatic nitrogens is 1. The molecule has 2 atom stereocenters. The molecule has 208 valence electrons. The summed E-state index contributed by atoms with van der Waals surface area (Å²) in [5.74, 6) is -1.81. The monoisotopic (exact) mass is 641 g/mol. The number of amides is 1. The number of oxazole rings is 1. The van der Waals surface area contributed by atoms with Gasteiger partial charge < -0.3 is 14.8 Å². The van der Waals surface area contributed by atoms with Gasteiger partial charge in [-0.25, -0.2) is 18.2 Å². The first-order valence-corrected chi connectivity index (χ1v) is 14.7. The van der Waals surface area contributed by atoms with Gasteiger partial charge in [-0.2, -0.15) is 4.31 Å². The van der Waals surface area contributed by atoms with E-state index in [0.717, 1.165) is 4.31 Å². The van der Waals surface area contributed by atoms with Crippen LogP contribution in [-0.4, -0.2) is 53.3 Å². The van der Waals surface area contributed by atoms with E-state index in [-0.39, 0.29) is 40.2 Å². The van der Waals surface area contributed by atoms with Crippen molar-refractivity contribution in [1.82, 2.24) is 14.6 Å². The predicted molar refractivity (Wildman–Crippen MR) is 151 cm³/mol. The number of hydrogen-bond donors (Lipinski definition) is 2. The minimum absolute atomic E-state index is 0.0855. The molecule has 2 N–H and O–H groups in total. The summed E-state index contributed by atoms with van der Waals surface area (Å²) < 4.78 is 33.0. The largest absolute Gasteiger partial charge is 0.480 e. The molecule has 5 rings (SSSR count). The van der Waals surface area contributed by atoms with Crippen molar-refractivity contribution < 1.29 is 27.5 Å². The maximum absolute atomic E-state index is 13.1. The molecule has 9 nitrogen and oxygen atoms in total. The third kappa shape index (κ3) is 5.65. The highest BCUT2D eigenvalue weighted by molar-refractivity contribution is 7.89. The summed E-state index contributed by atoms with van der Waals surface area (Å²) in [6.45, 7) is 0.0855. The highest BCUT2D eigenvalue weighted by Gasteiger charge is 2.43. The van der Waals surface area contributed by atoms with Crippen molar-refractivity contribution in [1.29, 1.82) is 0 Å². The first-order valence-electron chi connectivity index (χ1n) is 11.8. The van der Waals surface area contributed by atoms with E-state index in [4.69, 9.17) is 50.8 Å². The fourth-order valence-corrected chi connectivity index (χ4v) is 7.25. The van der Waals surface area contributed by atoms with Gasteiger partial charge in [0.2, 0.25) is 21.8 Å². The number of nitrogens with one attached hydrogen (secondary N) is 1. The lowest BCUT2D eigenvalue weighted by atomic mass is 10.0. The summed E-state index contributed by atoms with van der Waals surface area (Å²) in [6.07, 6.45) is 0.131. The molecule has 0 saturated carbocycles. The van der Waals surface area contributed by atoms with Crippen LogP contribution in [0.15, 0.2) is 63.9 Å². The second kappa shape index (κ2) is 11.2. The molecule has 40 heavy (non-hydrogen) atoms. The van der Waals surface area contributed by atoms with Crippen molar-refractivity contribution in [2.24, 2.45) is 0 Å². The van der Waals surface area contributed by atoms with Crippen molar-refractivity contribution in [3.63, 3.8) is 0 Å². The van der Waals surface area contributed by atoms with Crippen LogP contribution in [0.25, 0.3) is 22.6 Å². The van der Waals surface area contributed by atoms with Crippen LogP contribution in [0.1, 0.15) is 12.0 Å². The minimum atomic E-state index is -4.09. The molecule has 1 fully saturated rings. The van der Waals surface area contributed by atoms with Gasteiger partial charge in [-0.05, 0) is 54.4 Å². The Morgan fingerprint density at radius 1 is 1.05 bits per heavy atom. The average molecular weight is 643 g/mol. The molecular weight excluding hydrogens is 624 g/mol. The number of carboxylic acid groups (broad SMARTS) is 1. The molecule has 1 aromatic heterocycles. The van der Waals surface area contributed by atoms with Gasteiger partial charge >= 0.3 is 5.97 Å². The maximum atomic E-state index is 13.1. The number of carboxylic acids is 1. The Morgan fingerprint density at radius 2 is 1.73 bits per heavy atom. The highest BCUT2D eigenvalue weighted by Crippen LogP contribution is 2.36. The van der Waals surface area contributed by atoms with E-state index >= 15 is 0 Å². The van der Waals surface area contributed by atoms with Crippen molar-refractivity contribution >= 4 is 79.4 Å². The Balaban J connectivity index is 1.33. The fraction of sp³-hybridized carbons (Fsp3) is 0.192. The number of fused-ring (bicyclic) bond motifs is 1. The molecule has 4 aromatic rings. The zero-order valence-corrected chi connectivity index (χ0v) is 24.1. The zero-order valence-electron chi connectivity index (χ0n) is 20.3. The summed E-state index contributed by atoms with van der Waals surface area (Å²) in [5, 5.41) is 13.2. The van der Waals surface area contributed by atoms with Crippen LogP contribution in [0.3, 0.4) is 0 Å². The van der Waals surface area contributed by atoms with Gasteiger partial charge in [0.1, 0.15) is 17.6 Å². The SMILES string of the molecule is O=C(O)[C@H](Cc1ccc2nc(-c3c(Cl)cccc3Cl)oc2c1)NC(=O)[C@@H]1CCN1S(=O)(=O)c1cc(Cl)cc(Cl)c1. The second-order valence-electron chi connectivity index (χ2n) is 9.05. The van der Waals surface area contributed by atoms with Gasteiger partial charge in [0.05, 0.1) is 20.5 Å². The molecule has 0 spiro atoms. The molecule has 14 heteroatoms. The van der Waals surface area contributed by atoms with Gasteiger partial charge in [0.25, 0.3) is 0 Å². The van der Waals surface area contributed by atoms with Crippen molar-refractivity contribution in [3.8, 4) is 11.5 Å². The number of sulfonamides is 1. The summed E-state index contributed by atoms with van der Waals surface area (Å²) >= 11 is 24.4. The minimum Gasteiger partial charge on any atom is -0.480 e. The quantitative estimate of drug-likeness (QED) is 0.253. The molecule has 0 bridgehead atoms. The number of hydrogen-bond acceptors (Lipinski definition) is 6. The molecule has 1 saturated heterocycles. The van der Waals surface area contributed by atoms with Crippen molar-refractivity contribution in [3.05, 3.63) is 80.3 Å². The van der Waals surface area contributed by atoms with E-state index in [9.17, 15) is 23.1 Å². The van der Waals surface area contributed by atoms with Crippen LogP contribution in [0.4, 0.5) is 0 Å². The lowest BCUT2D eigenvalue weighted by Gasteiger charge is -2.38. The normalized spacial score (nSPS) is 16.4. The van der Waals surface area contributed by atoms with Gasteiger partial charge in [-0.3, -0.25) is 4.79 Å². The Hall–Kier alpha value is -2.86.